The molecule has 2 aromatic rings. The standard InChI is InChI=1S/C24H23ClO5/c1-28-17-10-8-15(9-11-17)21(26)12-16-13-22(29-2)23(30-3)14-19(16)24(27)18-6-4-5-7-20(18)25/h4-11,13-14,16,19H,12H2,1-3H3/t16-,19+/m1/s1. The van der Waals surface area contributed by atoms with Gasteiger partial charge >= 0.3 is 0 Å². The van der Waals surface area contributed by atoms with Crippen LogP contribution in [0.1, 0.15) is 27.1 Å². The van der Waals surface area contributed by atoms with Crippen molar-refractivity contribution in [1.29, 1.82) is 0 Å². The van der Waals surface area contributed by atoms with Crippen molar-refractivity contribution in [2.75, 3.05) is 21.3 Å². The van der Waals surface area contributed by atoms with Gasteiger partial charge in [0.2, 0.25) is 0 Å². The maximum absolute atomic E-state index is 13.3. The van der Waals surface area contributed by atoms with Crippen molar-refractivity contribution in [2.45, 2.75) is 6.42 Å². The minimum atomic E-state index is -0.610. The first kappa shape index (κ1) is 21.7. The molecule has 0 spiro atoms. The van der Waals surface area contributed by atoms with Crippen LogP contribution in [-0.2, 0) is 9.47 Å². The average molecular weight is 427 g/mol. The molecule has 0 saturated heterocycles. The van der Waals surface area contributed by atoms with Crippen LogP contribution in [0.2, 0.25) is 5.02 Å². The van der Waals surface area contributed by atoms with E-state index in [0.717, 1.165) is 0 Å². The van der Waals surface area contributed by atoms with Crippen LogP contribution in [0.4, 0.5) is 0 Å². The second-order valence-corrected chi connectivity index (χ2v) is 7.27. The second kappa shape index (κ2) is 9.63. The smallest absolute Gasteiger partial charge is 0.171 e. The van der Waals surface area contributed by atoms with Crippen LogP contribution in [0.15, 0.2) is 72.2 Å². The molecule has 30 heavy (non-hydrogen) atoms. The van der Waals surface area contributed by atoms with Crippen LogP contribution in [0, 0.1) is 11.8 Å². The van der Waals surface area contributed by atoms with Gasteiger partial charge in [0.05, 0.1) is 32.3 Å². The number of hydrogen-bond acceptors (Lipinski definition) is 5. The first-order chi connectivity index (χ1) is 14.5. The summed E-state index contributed by atoms with van der Waals surface area (Å²) in [6, 6.07) is 13.8. The number of ketones is 2. The van der Waals surface area contributed by atoms with Crippen molar-refractivity contribution in [3.8, 4) is 5.75 Å². The summed E-state index contributed by atoms with van der Waals surface area (Å²) in [6.07, 6.45) is 3.61. The van der Waals surface area contributed by atoms with Gasteiger partial charge in [-0.05, 0) is 48.6 Å². The van der Waals surface area contributed by atoms with E-state index in [1.807, 2.05) is 0 Å². The summed E-state index contributed by atoms with van der Waals surface area (Å²) in [4.78, 5) is 26.2. The Morgan fingerprint density at radius 3 is 2.10 bits per heavy atom. The maximum atomic E-state index is 13.3. The zero-order valence-corrected chi connectivity index (χ0v) is 17.8. The molecule has 0 saturated carbocycles. The molecule has 2 atom stereocenters. The average Bonchev–Trinajstić information content (AvgIpc) is 2.78. The molecule has 0 unspecified atom stereocenters. The summed E-state index contributed by atoms with van der Waals surface area (Å²) in [5.74, 6) is 0.349. The molecule has 1 aliphatic carbocycles. The molecule has 2 aromatic carbocycles. The SMILES string of the molecule is COC1=C[C@H](C(=O)c2ccccc2Cl)[C@H](CC(=O)c2ccc(OC)cc2)C=C1OC. The van der Waals surface area contributed by atoms with E-state index in [4.69, 9.17) is 25.8 Å². The van der Waals surface area contributed by atoms with Crippen molar-refractivity contribution in [3.05, 3.63) is 88.4 Å². The molecular formula is C24H23ClO5. The van der Waals surface area contributed by atoms with Gasteiger partial charge in [0, 0.05) is 23.5 Å². The fraction of sp³-hybridized carbons (Fsp3) is 0.250. The Balaban J connectivity index is 1.92. The topological polar surface area (TPSA) is 61.8 Å². The highest BCUT2D eigenvalue weighted by atomic mass is 35.5. The Hall–Kier alpha value is -3.05. The molecule has 0 aliphatic heterocycles. The van der Waals surface area contributed by atoms with Crippen LogP contribution in [0.5, 0.6) is 5.75 Å². The van der Waals surface area contributed by atoms with Gasteiger partial charge in [0.15, 0.2) is 23.1 Å². The minimum Gasteiger partial charge on any atom is -0.497 e. The molecule has 5 nitrogen and oxygen atoms in total. The molecular weight excluding hydrogens is 404 g/mol. The molecule has 1 aliphatic rings. The molecule has 6 heteroatoms. The number of Topliss-reactive ketones (excluding diaryl/α,β-unsaturated/α-hetero) is 2. The molecule has 0 radical (unpaired) electrons. The van der Waals surface area contributed by atoms with Crippen molar-refractivity contribution < 1.29 is 23.8 Å². The minimum absolute atomic E-state index is 0.0828. The van der Waals surface area contributed by atoms with E-state index >= 15 is 0 Å². The molecule has 0 N–H and O–H groups in total. The zero-order valence-electron chi connectivity index (χ0n) is 17.1. The number of halogens is 1. The van der Waals surface area contributed by atoms with Crippen LogP contribution in [0.25, 0.3) is 0 Å². The van der Waals surface area contributed by atoms with Gasteiger partial charge < -0.3 is 14.2 Å². The lowest BCUT2D eigenvalue weighted by Gasteiger charge is -2.27. The monoisotopic (exact) mass is 426 g/mol. The van der Waals surface area contributed by atoms with E-state index in [1.165, 1.54) is 14.2 Å². The number of hydrogen-bond donors (Lipinski definition) is 0. The maximum Gasteiger partial charge on any atom is 0.171 e. The number of carbonyl (C=O) groups excluding carboxylic acids is 2. The summed E-state index contributed by atoms with van der Waals surface area (Å²) in [6.45, 7) is 0. The van der Waals surface area contributed by atoms with E-state index < -0.39 is 11.8 Å². The molecule has 0 aromatic heterocycles. The van der Waals surface area contributed by atoms with Gasteiger partial charge in [0.1, 0.15) is 5.75 Å². The molecule has 156 valence electrons. The first-order valence-electron chi connectivity index (χ1n) is 9.46. The Bertz CT molecular complexity index is 991. The normalized spacial score (nSPS) is 18.1. The van der Waals surface area contributed by atoms with Gasteiger partial charge in [0.25, 0.3) is 0 Å². The largest absolute Gasteiger partial charge is 0.497 e. The van der Waals surface area contributed by atoms with Crippen LogP contribution in [0.3, 0.4) is 0 Å². The molecule has 0 fully saturated rings. The molecule has 0 amide bonds. The Kier molecular flexibility index (Phi) is 6.95. The summed E-state index contributed by atoms with van der Waals surface area (Å²) >= 11 is 6.25. The van der Waals surface area contributed by atoms with Gasteiger partial charge in [-0.2, -0.15) is 0 Å². The quantitative estimate of drug-likeness (QED) is 0.549. The van der Waals surface area contributed by atoms with E-state index in [9.17, 15) is 9.59 Å². The fourth-order valence-corrected chi connectivity index (χ4v) is 3.72. The van der Waals surface area contributed by atoms with E-state index in [2.05, 4.69) is 0 Å². The Morgan fingerprint density at radius 1 is 0.867 bits per heavy atom. The van der Waals surface area contributed by atoms with Crippen molar-refractivity contribution in [2.24, 2.45) is 11.8 Å². The van der Waals surface area contributed by atoms with Gasteiger partial charge in [-0.1, -0.05) is 23.7 Å². The van der Waals surface area contributed by atoms with Gasteiger partial charge in [-0.15, -0.1) is 0 Å². The van der Waals surface area contributed by atoms with Crippen molar-refractivity contribution in [3.63, 3.8) is 0 Å². The predicted octanol–water partition coefficient (Wildman–Crippen LogP) is 5.11. The number of rotatable bonds is 8. The number of allylic oxidation sites excluding steroid dienone is 2. The highest BCUT2D eigenvalue weighted by Crippen LogP contribution is 2.35. The van der Waals surface area contributed by atoms with Gasteiger partial charge in [-0.3, -0.25) is 9.59 Å². The predicted molar refractivity (Wildman–Crippen MR) is 115 cm³/mol. The molecule has 0 heterocycles. The van der Waals surface area contributed by atoms with Crippen LogP contribution >= 0.6 is 11.6 Å². The second-order valence-electron chi connectivity index (χ2n) is 6.86. The highest BCUT2D eigenvalue weighted by Gasteiger charge is 2.34. The summed E-state index contributed by atoms with van der Waals surface area (Å²) < 4.78 is 15.9. The third-order valence-corrected chi connectivity index (χ3v) is 5.45. The number of ether oxygens (including phenoxy) is 3. The van der Waals surface area contributed by atoms with Crippen molar-refractivity contribution >= 4 is 23.2 Å². The lowest BCUT2D eigenvalue weighted by molar-refractivity contribution is 0.0881. The number of benzene rings is 2. The third kappa shape index (κ3) is 4.57. The first-order valence-corrected chi connectivity index (χ1v) is 9.84. The Morgan fingerprint density at radius 2 is 1.50 bits per heavy atom. The summed E-state index contributed by atoms with van der Waals surface area (Å²) in [7, 11) is 4.61. The van der Waals surface area contributed by atoms with Crippen LogP contribution in [-0.4, -0.2) is 32.9 Å². The lowest BCUT2D eigenvalue weighted by atomic mass is 9.78. The lowest BCUT2D eigenvalue weighted by Crippen LogP contribution is -2.27. The third-order valence-electron chi connectivity index (χ3n) is 5.12. The van der Waals surface area contributed by atoms with E-state index in [0.29, 0.717) is 33.4 Å². The van der Waals surface area contributed by atoms with E-state index in [1.54, 1.807) is 67.8 Å². The number of carbonyl (C=O) groups is 2. The van der Waals surface area contributed by atoms with Crippen molar-refractivity contribution in [1.82, 2.24) is 0 Å². The highest BCUT2D eigenvalue weighted by molar-refractivity contribution is 6.34. The fourth-order valence-electron chi connectivity index (χ4n) is 3.49. The Labute approximate surface area is 180 Å². The zero-order chi connectivity index (χ0) is 21.7. The summed E-state index contributed by atoms with van der Waals surface area (Å²) in [5, 5.41) is 0.372. The van der Waals surface area contributed by atoms with Gasteiger partial charge in [-0.25, -0.2) is 0 Å². The molecule has 0 bridgehead atoms. The van der Waals surface area contributed by atoms with E-state index in [-0.39, 0.29) is 18.0 Å². The number of methoxy groups -OCH3 is 3. The molecule has 3 rings (SSSR count). The summed E-state index contributed by atoms with van der Waals surface area (Å²) in [5.41, 5.74) is 0.959. The van der Waals surface area contributed by atoms with Crippen LogP contribution < -0.4 is 4.74 Å².